The van der Waals surface area contributed by atoms with Gasteiger partial charge in [-0.2, -0.15) is 5.26 Å². The Morgan fingerprint density at radius 2 is 2.29 bits per heavy atom. The zero-order valence-electron chi connectivity index (χ0n) is 10.2. The number of nitrogens with zero attached hydrogens (tertiary/aromatic N) is 2. The van der Waals surface area contributed by atoms with Crippen LogP contribution in [0.2, 0.25) is 0 Å². The van der Waals surface area contributed by atoms with Gasteiger partial charge >= 0.3 is 0 Å². The maximum absolute atomic E-state index is 8.65. The lowest BCUT2D eigenvalue weighted by molar-refractivity contribution is 0.282. The third-order valence-electron chi connectivity index (χ3n) is 3.26. The highest BCUT2D eigenvalue weighted by Gasteiger charge is 2.24. The number of hydrogen-bond acceptors (Lipinski definition) is 3. The van der Waals surface area contributed by atoms with Gasteiger partial charge in [0.25, 0.3) is 0 Å². The maximum atomic E-state index is 8.65. The summed E-state index contributed by atoms with van der Waals surface area (Å²) in [6.45, 7) is 5.19. The zero-order valence-corrected chi connectivity index (χ0v) is 11.0. The van der Waals surface area contributed by atoms with Crippen LogP contribution in [0.5, 0.6) is 0 Å². The molecule has 1 heterocycles. The Hall–Kier alpha value is -0.980. The van der Waals surface area contributed by atoms with Gasteiger partial charge in [-0.3, -0.25) is 0 Å². The van der Waals surface area contributed by atoms with E-state index in [4.69, 9.17) is 5.26 Å². The molecule has 17 heavy (non-hydrogen) atoms. The average Bonchev–Trinajstić information content (AvgIpc) is 2.78. The Labute approximate surface area is 108 Å². The van der Waals surface area contributed by atoms with Gasteiger partial charge in [-0.15, -0.1) is 11.8 Å². The van der Waals surface area contributed by atoms with E-state index in [1.165, 1.54) is 16.2 Å². The van der Waals surface area contributed by atoms with Crippen molar-refractivity contribution in [3.63, 3.8) is 0 Å². The van der Waals surface area contributed by atoms with Gasteiger partial charge in [0.1, 0.15) is 0 Å². The normalized spacial score (nSPS) is 18.1. The zero-order chi connectivity index (χ0) is 12.1. The van der Waals surface area contributed by atoms with Crippen LogP contribution in [0.15, 0.2) is 29.2 Å². The number of rotatable bonds is 5. The average molecular weight is 246 g/mol. The first-order valence-electron chi connectivity index (χ1n) is 6.16. The van der Waals surface area contributed by atoms with E-state index in [2.05, 4.69) is 42.2 Å². The first-order valence-corrected chi connectivity index (χ1v) is 7.14. The minimum absolute atomic E-state index is 0.634. The Morgan fingerprint density at radius 1 is 1.47 bits per heavy atom. The third kappa shape index (κ3) is 3.02. The lowest BCUT2D eigenvalue weighted by Crippen LogP contribution is -2.29. The van der Waals surface area contributed by atoms with Crippen molar-refractivity contribution in [3.05, 3.63) is 29.8 Å². The summed E-state index contributed by atoms with van der Waals surface area (Å²) in [5.74, 6) is 1.82. The summed E-state index contributed by atoms with van der Waals surface area (Å²) < 4.78 is 0. The van der Waals surface area contributed by atoms with Crippen molar-refractivity contribution in [2.24, 2.45) is 0 Å². The Morgan fingerprint density at radius 3 is 3.06 bits per heavy atom. The molecule has 0 amide bonds. The van der Waals surface area contributed by atoms with Crippen molar-refractivity contribution < 1.29 is 0 Å². The number of fused-ring (bicyclic) bond motifs is 1. The van der Waals surface area contributed by atoms with Crippen LogP contribution >= 0.6 is 11.8 Å². The minimum Gasteiger partial charge on any atom is -0.302 e. The molecule has 1 aliphatic heterocycles. The van der Waals surface area contributed by atoms with E-state index < -0.39 is 0 Å². The van der Waals surface area contributed by atoms with Crippen molar-refractivity contribution in [3.8, 4) is 6.07 Å². The summed E-state index contributed by atoms with van der Waals surface area (Å²) in [7, 11) is 0. The monoisotopic (exact) mass is 246 g/mol. The molecule has 0 aliphatic carbocycles. The molecule has 3 heteroatoms. The molecule has 1 atom stereocenters. The van der Waals surface area contributed by atoms with Gasteiger partial charge in [0.2, 0.25) is 0 Å². The SMILES string of the molecule is CCN(CCC#N)CC1CSc2ccccc21. The fraction of sp³-hybridized carbons (Fsp3) is 0.500. The van der Waals surface area contributed by atoms with Gasteiger partial charge in [0.05, 0.1) is 6.07 Å². The van der Waals surface area contributed by atoms with E-state index in [0.29, 0.717) is 12.3 Å². The molecule has 90 valence electrons. The summed E-state index contributed by atoms with van der Waals surface area (Å²) in [6.07, 6.45) is 0.634. The van der Waals surface area contributed by atoms with Crippen LogP contribution < -0.4 is 0 Å². The number of likely N-dealkylation sites (N-methyl/N-ethyl adjacent to an activating group) is 1. The van der Waals surface area contributed by atoms with E-state index in [9.17, 15) is 0 Å². The van der Waals surface area contributed by atoms with Crippen molar-refractivity contribution in [1.29, 1.82) is 5.26 Å². The highest BCUT2D eigenvalue weighted by atomic mass is 32.2. The predicted molar refractivity (Wildman–Crippen MR) is 72.3 cm³/mol. The summed E-state index contributed by atoms with van der Waals surface area (Å²) >= 11 is 1.96. The summed E-state index contributed by atoms with van der Waals surface area (Å²) in [5, 5.41) is 8.65. The lowest BCUT2D eigenvalue weighted by Gasteiger charge is -2.23. The van der Waals surface area contributed by atoms with Crippen molar-refractivity contribution in [2.45, 2.75) is 24.2 Å². The number of hydrogen-bond donors (Lipinski definition) is 0. The van der Waals surface area contributed by atoms with Crippen molar-refractivity contribution >= 4 is 11.8 Å². The molecule has 0 N–H and O–H groups in total. The second-order valence-corrected chi connectivity index (χ2v) is 5.41. The molecule has 0 bridgehead atoms. The molecule has 1 aromatic rings. The molecule has 0 saturated carbocycles. The molecule has 1 aliphatic rings. The fourth-order valence-corrected chi connectivity index (χ4v) is 3.52. The smallest absolute Gasteiger partial charge is 0.0635 e. The van der Waals surface area contributed by atoms with Crippen LogP contribution in [0, 0.1) is 11.3 Å². The van der Waals surface area contributed by atoms with E-state index in [0.717, 1.165) is 19.6 Å². The number of nitriles is 1. The molecule has 1 aromatic carbocycles. The van der Waals surface area contributed by atoms with E-state index in [-0.39, 0.29) is 0 Å². The van der Waals surface area contributed by atoms with E-state index >= 15 is 0 Å². The van der Waals surface area contributed by atoms with Gasteiger partial charge in [0, 0.05) is 36.1 Å². The summed E-state index contributed by atoms with van der Waals surface area (Å²) in [4.78, 5) is 3.82. The quantitative estimate of drug-likeness (QED) is 0.798. The first-order chi connectivity index (χ1) is 8.35. The Kier molecular flexibility index (Phi) is 4.47. The second-order valence-electron chi connectivity index (χ2n) is 4.35. The largest absolute Gasteiger partial charge is 0.302 e. The lowest BCUT2D eigenvalue weighted by atomic mass is 10.0. The van der Waals surface area contributed by atoms with E-state index in [1.54, 1.807) is 0 Å². The minimum atomic E-state index is 0.634. The molecule has 2 nitrogen and oxygen atoms in total. The second kappa shape index (κ2) is 6.09. The highest BCUT2D eigenvalue weighted by Crippen LogP contribution is 2.39. The fourth-order valence-electron chi connectivity index (χ4n) is 2.28. The first kappa shape index (κ1) is 12.5. The van der Waals surface area contributed by atoms with Crippen molar-refractivity contribution in [2.75, 3.05) is 25.4 Å². The third-order valence-corrected chi connectivity index (χ3v) is 4.52. The number of benzene rings is 1. The Balaban J connectivity index is 1.98. The Bertz CT molecular complexity index is 411. The molecule has 1 unspecified atom stereocenters. The van der Waals surface area contributed by atoms with Gasteiger partial charge in [-0.05, 0) is 18.2 Å². The molecule has 0 spiro atoms. The maximum Gasteiger partial charge on any atom is 0.0635 e. The van der Waals surface area contributed by atoms with Gasteiger partial charge in [-0.1, -0.05) is 25.1 Å². The van der Waals surface area contributed by atoms with Crippen LogP contribution in [0.4, 0.5) is 0 Å². The van der Waals surface area contributed by atoms with Crippen LogP contribution in [-0.2, 0) is 0 Å². The van der Waals surface area contributed by atoms with Gasteiger partial charge in [-0.25, -0.2) is 0 Å². The van der Waals surface area contributed by atoms with Gasteiger partial charge in [0.15, 0.2) is 0 Å². The molecular formula is C14H18N2S. The van der Waals surface area contributed by atoms with Crippen LogP contribution in [0.25, 0.3) is 0 Å². The van der Waals surface area contributed by atoms with Crippen LogP contribution in [-0.4, -0.2) is 30.3 Å². The topological polar surface area (TPSA) is 27.0 Å². The van der Waals surface area contributed by atoms with Crippen LogP contribution in [0.3, 0.4) is 0 Å². The van der Waals surface area contributed by atoms with Crippen molar-refractivity contribution in [1.82, 2.24) is 4.90 Å². The van der Waals surface area contributed by atoms with Gasteiger partial charge < -0.3 is 4.90 Å². The van der Waals surface area contributed by atoms with E-state index in [1.807, 2.05) is 11.8 Å². The molecule has 0 radical (unpaired) electrons. The number of thioether (sulfide) groups is 1. The molecule has 0 saturated heterocycles. The standard InChI is InChI=1S/C14H18N2S/c1-2-16(9-5-8-15)10-12-11-17-14-7-4-3-6-13(12)14/h3-4,6-7,12H,2,5,9-11H2,1H3. The molecule has 0 aromatic heterocycles. The summed E-state index contributed by atoms with van der Waals surface area (Å²) in [6, 6.07) is 10.9. The van der Waals surface area contributed by atoms with Crippen LogP contribution in [0.1, 0.15) is 24.8 Å². The predicted octanol–water partition coefficient (Wildman–Crippen LogP) is 3.11. The molecule has 2 rings (SSSR count). The highest BCUT2D eigenvalue weighted by molar-refractivity contribution is 7.99. The summed E-state index contributed by atoms with van der Waals surface area (Å²) in [5.41, 5.74) is 1.49. The molecule has 0 fully saturated rings. The molecular weight excluding hydrogens is 228 g/mol.